The van der Waals surface area contributed by atoms with Crippen LogP contribution >= 0.6 is 0 Å². The fourth-order valence-electron chi connectivity index (χ4n) is 3.63. The molecule has 0 unspecified atom stereocenters. The molecule has 0 amide bonds. The second-order valence-electron chi connectivity index (χ2n) is 6.13. The van der Waals surface area contributed by atoms with E-state index in [0.29, 0.717) is 0 Å². The van der Waals surface area contributed by atoms with E-state index in [1.54, 1.807) is 0 Å². The number of hydrogen-bond acceptors (Lipinski definition) is 2. The molecule has 22 heavy (non-hydrogen) atoms. The molecule has 1 N–H and O–H groups in total. The van der Waals surface area contributed by atoms with E-state index in [9.17, 15) is 0 Å². The maximum absolute atomic E-state index is 3.42. The first-order valence-corrected chi connectivity index (χ1v) is 8.32. The molecular formula is C19H23N3. The molecule has 1 aromatic heterocycles. The third kappa shape index (κ3) is 2.51. The molecule has 0 radical (unpaired) electrons. The summed E-state index contributed by atoms with van der Waals surface area (Å²) in [6, 6.07) is 17.6. The third-order valence-corrected chi connectivity index (χ3v) is 4.75. The molecule has 0 saturated carbocycles. The summed E-state index contributed by atoms with van der Waals surface area (Å²) in [5, 5.41) is 6.17. The molecule has 1 aliphatic rings. The van der Waals surface area contributed by atoms with Crippen LogP contribution in [-0.2, 0) is 6.54 Å². The number of aryl methyl sites for hydroxylation is 1. The number of para-hydroxylation sites is 2. The zero-order valence-electron chi connectivity index (χ0n) is 13.0. The molecule has 4 rings (SSSR count). The summed E-state index contributed by atoms with van der Waals surface area (Å²) >= 11 is 0. The van der Waals surface area contributed by atoms with Gasteiger partial charge in [-0.15, -0.1) is 0 Å². The van der Waals surface area contributed by atoms with Crippen LogP contribution in [0.3, 0.4) is 0 Å². The molecule has 1 aliphatic heterocycles. The lowest BCUT2D eigenvalue weighted by molar-refractivity contribution is 0.235. The highest BCUT2D eigenvalue weighted by Crippen LogP contribution is 2.28. The molecule has 3 nitrogen and oxygen atoms in total. The van der Waals surface area contributed by atoms with Gasteiger partial charge in [-0.25, -0.2) is 0 Å². The lowest BCUT2D eigenvalue weighted by atomic mass is 10.2. The summed E-state index contributed by atoms with van der Waals surface area (Å²) in [7, 11) is 0. The highest BCUT2D eigenvalue weighted by molar-refractivity contribution is 6.07. The lowest BCUT2D eigenvalue weighted by Gasteiger charge is -2.27. The summed E-state index contributed by atoms with van der Waals surface area (Å²) < 4.78 is 2.49. The Hall–Kier alpha value is -1.84. The molecule has 3 aromatic rings. The van der Waals surface area contributed by atoms with Crippen molar-refractivity contribution in [3.05, 3.63) is 48.5 Å². The minimum absolute atomic E-state index is 1.10. The average molecular weight is 293 g/mol. The standard InChI is InChI=1S/C19H23N3/c1-3-8-18-16(6-1)17-7-2-4-9-19(17)22(18)13-5-12-21-14-10-20-11-15-21/h1-4,6-9,20H,5,10-15H2. The second kappa shape index (κ2) is 6.11. The van der Waals surface area contributed by atoms with Gasteiger partial charge in [0.25, 0.3) is 0 Å². The second-order valence-corrected chi connectivity index (χ2v) is 6.13. The number of piperazine rings is 1. The summed E-state index contributed by atoms with van der Waals surface area (Å²) in [6.07, 6.45) is 1.21. The van der Waals surface area contributed by atoms with Crippen LogP contribution in [-0.4, -0.2) is 42.2 Å². The van der Waals surface area contributed by atoms with Gasteiger partial charge in [0.05, 0.1) is 0 Å². The lowest BCUT2D eigenvalue weighted by Crippen LogP contribution is -2.43. The quantitative estimate of drug-likeness (QED) is 0.797. The molecule has 1 fully saturated rings. The molecule has 0 atom stereocenters. The van der Waals surface area contributed by atoms with Crippen LogP contribution in [0.2, 0.25) is 0 Å². The Bertz CT molecular complexity index is 715. The summed E-state index contributed by atoms with van der Waals surface area (Å²) in [4.78, 5) is 2.57. The Balaban J connectivity index is 1.59. The van der Waals surface area contributed by atoms with Gasteiger partial charge in [-0.2, -0.15) is 0 Å². The number of benzene rings is 2. The predicted octanol–water partition coefficient (Wildman–Crippen LogP) is 3.09. The van der Waals surface area contributed by atoms with Crippen LogP contribution in [0.4, 0.5) is 0 Å². The maximum Gasteiger partial charge on any atom is 0.0491 e. The Labute approximate surface area is 131 Å². The number of nitrogens with zero attached hydrogens (tertiary/aromatic N) is 2. The van der Waals surface area contributed by atoms with Gasteiger partial charge in [0.2, 0.25) is 0 Å². The van der Waals surface area contributed by atoms with E-state index < -0.39 is 0 Å². The Morgan fingerprint density at radius 1 is 0.773 bits per heavy atom. The normalized spacial score (nSPS) is 16.5. The van der Waals surface area contributed by atoms with Crippen LogP contribution in [0.1, 0.15) is 6.42 Å². The van der Waals surface area contributed by atoms with Crippen LogP contribution in [0.15, 0.2) is 48.5 Å². The van der Waals surface area contributed by atoms with Crippen molar-refractivity contribution in [2.24, 2.45) is 0 Å². The van der Waals surface area contributed by atoms with Gasteiger partial charge in [-0.05, 0) is 25.1 Å². The zero-order chi connectivity index (χ0) is 14.8. The Kier molecular flexibility index (Phi) is 3.83. The van der Waals surface area contributed by atoms with E-state index in [1.807, 2.05) is 0 Å². The first-order chi connectivity index (χ1) is 10.9. The van der Waals surface area contributed by atoms with Gasteiger partial charge in [-0.3, -0.25) is 0 Å². The first kappa shape index (κ1) is 13.8. The molecule has 0 aliphatic carbocycles. The van der Waals surface area contributed by atoms with Crippen molar-refractivity contribution >= 4 is 21.8 Å². The molecule has 114 valence electrons. The highest BCUT2D eigenvalue weighted by Gasteiger charge is 2.11. The van der Waals surface area contributed by atoms with E-state index in [0.717, 1.165) is 19.6 Å². The molecule has 1 saturated heterocycles. The van der Waals surface area contributed by atoms with Crippen LogP contribution in [0.5, 0.6) is 0 Å². The fraction of sp³-hybridized carbons (Fsp3) is 0.368. The highest BCUT2D eigenvalue weighted by atomic mass is 15.2. The summed E-state index contributed by atoms with van der Waals surface area (Å²) in [6.45, 7) is 6.94. The van der Waals surface area contributed by atoms with Crippen molar-refractivity contribution in [1.29, 1.82) is 0 Å². The smallest absolute Gasteiger partial charge is 0.0491 e. The largest absolute Gasteiger partial charge is 0.340 e. The minimum Gasteiger partial charge on any atom is -0.340 e. The zero-order valence-corrected chi connectivity index (χ0v) is 13.0. The van der Waals surface area contributed by atoms with E-state index in [1.165, 1.54) is 47.9 Å². The number of fused-ring (bicyclic) bond motifs is 3. The molecule has 3 heteroatoms. The van der Waals surface area contributed by atoms with Crippen molar-refractivity contribution in [2.45, 2.75) is 13.0 Å². The van der Waals surface area contributed by atoms with Crippen molar-refractivity contribution in [2.75, 3.05) is 32.7 Å². The van der Waals surface area contributed by atoms with Crippen LogP contribution < -0.4 is 5.32 Å². The first-order valence-electron chi connectivity index (χ1n) is 8.32. The topological polar surface area (TPSA) is 20.2 Å². The van der Waals surface area contributed by atoms with Crippen molar-refractivity contribution in [3.8, 4) is 0 Å². The number of nitrogens with one attached hydrogen (secondary N) is 1. The summed E-state index contributed by atoms with van der Waals surface area (Å²) in [5.41, 5.74) is 2.73. The van der Waals surface area contributed by atoms with Crippen molar-refractivity contribution in [1.82, 2.24) is 14.8 Å². The van der Waals surface area contributed by atoms with E-state index >= 15 is 0 Å². The van der Waals surface area contributed by atoms with Crippen molar-refractivity contribution < 1.29 is 0 Å². The Morgan fingerprint density at radius 3 is 2.00 bits per heavy atom. The molecule has 2 aromatic carbocycles. The monoisotopic (exact) mass is 293 g/mol. The molecule has 2 heterocycles. The SMILES string of the molecule is c1ccc2c(c1)c1ccccc1n2CCCN1CCNCC1. The molecule has 0 bridgehead atoms. The van der Waals surface area contributed by atoms with Gasteiger partial charge in [0.1, 0.15) is 0 Å². The van der Waals surface area contributed by atoms with E-state index in [-0.39, 0.29) is 0 Å². The minimum atomic E-state index is 1.10. The van der Waals surface area contributed by atoms with Gasteiger partial charge in [0, 0.05) is 54.5 Å². The molecular weight excluding hydrogens is 270 g/mol. The van der Waals surface area contributed by atoms with Gasteiger partial charge < -0.3 is 14.8 Å². The maximum atomic E-state index is 3.42. The fourth-order valence-corrected chi connectivity index (χ4v) is 3.63. The van der Waals surface area contributed by atoms with Crippen LogP contribution in [0, 0.1) is 0 Å². The molecule has 0 spiro atoms. The number of aromatic nitrogens is 1. The van der Waals surface area contributed by atoms with Crippen LogP contribution in [0.25, 0.3) is 21.8 Å². The van der Waals surface area contributed by atoms with Gasteiger partial charge >= 0.3 is 0 Å². The van der Waals surface area contributed by atoms with E-state index in [4.69, 9.17) is 0 Å². The number of hydrogen-bond donors (Lipinski definition) is 1. The average Bonchev–Trinajstić information content (AvgIpc) is 2.91. The third-order valence-electron chi connectivity index (χ3n) is 4.75. The van der Waals surface area contributed by atoms with Crippen molar-refractivity contribution in [3.63, 3.8) is 0 Å². The van der Waals surface area contributed by atoms with E-state index in [2.05, 4.69) is 63.3 Å². The van der Waals surface area contributed by atoms with Gasteiger partial charge in [0.15, 0.2) is 0 Å². The number of rotatable bonds is 4. The van der Waals surface area contributed by atoms with Gasteiger partial charge in [-0.1, -0.05) is 36.4 Å². The summed E-state index contributed by atoms with van der Waals surface area (Å²) in [5.74, 6) is 0. The predicted molar refractivity (Wildman–Crippen MR) is 93.4 cm³/mol. The Morgan fingerprint density at radius 2 is 1.36 bits per heavy atom.